The molecule has 1 aromatic rings. The highest BCUT2D eigenvalue weighted by atomic mass is 16.5. The van der Waals surface area contributed by atoms with Crippen molar-refractivity contribution in [3.63, 3.8) is 0 Å². The Morgan fingerprint density at radius 3 is 2.91 bits per heavy atom. The number of amides is 2. The average Bonchev–Trinajstić information content (AvgIpc) is 2.89. The first-order chi connectivity index (χ1) is 10.6. The molecule has 3 heterocycles. The van der Waals surface area contributed by atoms with Gasteiger partial charge in [-0.15, -0.1) is 0 Å². The van der Waals surface area contributed by atoms with Crippen molar-refractivity contribution in [1.29, 1.82) is 0 Å². The van der Waals surface area contributed by atoms with Gasteiger partial charge in [-0.25, -0.2) is 4.79 Å². The van der Waals surface area contributed by atoms with Crippen molar-refractivity contribution in [2.24, 2.45) is 7.05 Å². The van der Waals surface area contributed by atoms with Gasteiger partial charge in [0.05, 0.1) is 31.6 Å². The molecule has 2 aliphatic heterocycles. The molecule has 0 aliphatic carbocycles. The zero-order valence-corrected chi connectivity index (χ0v) is 13.2. The minimum Gasteiger partial charge on any atom is -0.381 e. The third-order valence-electron chi connectivity index (χ3n) is 4.34. The predicted octanol–water partition coefficient (Wildman–Crippen LogP) is 1.57. The summed E-state index contributed by atoms with van der Waals surface area (Å²) in [7, 11) is 1.85. The van der Waals surface area contributed by atoms with Crippen LogP contribution in [0.5, 0.6) is 0 Å². The van der Waals surface area contributed by atoms with E-state index >= 15 is 0 Å². The summed E-state index contributed by atoms with van der Waals surface area (Å²) in [5.41, 5.74) is 0.993. The van der Waals surface area contributed by atoms with Gasteiger partial charge < -0.3 is 14.4 Å². The van der Waals surface area contributed by atoms with E-state index in [9.17, 15) is 4.79 Å². The Kier molecular flexibility index (Phi) is 4.63. The molecule has 1 aromatic heterocycles. The van der Waals surface area contributed by atoms with E-state index in [0.717, 1.165) is 31.0 Å². The maximum absolute atomic E-state index is 12.4. The number of hydrogen-bond acceptors (Lipinski definition) is 4. The number of ether oxygens (including phenoxy) is 2. The zero-order chi connectivity index (χ0) is 15.5. The van der Waals surface area contributed by atoms with Crippen LogP contribution in [0.15, 0.2) is 6.07 Å². The molecule has 1 N–H and O–H groups in total. The van der Waals surface area contributed by atoms with Crippen molar-refractivity contribution in [3.8, 4) is 0 Å². The molecule has 0 bridgehead atoms. The van der Waals surface area contributed by atoms with Crippen LogP contribution in [-0.4, -0.2) is 59.7 Å². The first-order valence-electron chi connectivity index (χ1n) is 7.92. The molecule has 3 rings (SSSR count). The number of nitrogens with zero attached hydrogens (tertiary/aromatic N) is 3. The number of carbonyl (C=O) groups excluding carboxylic acids is 1. The van der Waals surface area contributed by atoms with E-state index in [1.165, 1.54) is 0 Å². The molecule has 22 heavy (non-hydrogen) atoms. The number of carbonyl (C=O) groups is 1. The van der Waals surface area contributed by atoms with Crippen LogP contribution < -0.4 is 5.32 Å². The van der Waals surface area contributed by atoms with Crippen molar-refractivity contribution in [2.45, 2.75) is 31.7 Å². The maximum atomic E-state index is 12.4. The number of aryl methyl sites for hydroxylation is 1. The Balaban J connectivity index is 1.66. The van der Waals surface area contributed by atoms with E-state index in [1.54, 1.807) is 9.58 Å². The summed E-state index contributed by atoms with van der Waals surface area (Å²) < 4.78 is 12.6. The number of anilines is 1. The third-order valence-corrected chi connectivity index (χ3v) is 4.34. The Hall–Kier alpha value is -1.60. The second-order valence-corrected chi connectivity index (χ2v) is 6.04. The lowest BCUT2D eigenvalue weighted by Crippen LogP contribution is -2.49. The van der Waals surface area contributed by atoms with Crippen molar-refractivity contribution < 1.29 is 14.3 Å². The van der Waals surface area contributed by atoms with Gasteiger partial charge in [-0.2, -0.15) is 5.10 Å². The molecule has 1 unspecified atom stereocenters. The standard InChI is InChI=1S/C15H24N4O3/c1-11-9-22-7-5-19(11)15(20)16-14-8-13(17-18(14)2)12-4-3-6-21-10-12/h8,11-12H,3-7,9-10H2,1-2H3,(H,16,20)/t11-,12?/m1/s1. The zero-order valence-electron chi connectivity index (χ0n) is 13.2. The SMILES string of the molecule is C[C@@H]1COCCN1C(=O)Nc1cc(C2CCCOC2)nn1C. The summed E-state index contributed by atoms with van der Waals surface area (Å²) >= 11 is 0. The summed E-state index contributed by atoms with van der Waals surface area (Å²) in [6.07, 6.45) is 2.15. The Morgan fingerprint density at radius 1 is 1.36 bits per heavy atom. The van der Waals surface area contributed by atoms with Crippen molar-refractivity contribution in [2.75, 3.05) is 38.3 Å². The van der Waals surface area contributed by atoms with Crippen molar-refractivity contribution in [1.82, 2.24) is 14.7 Å². The first-order valence-corrected chi connectivity index (χ1v) is 7.92. The second kappa shape index (κ2) is 6.66. The van der Waals surface area contributed by atoms with Gasteiger partial charge in [0.2, 0.25) is 0 Å². The third kappa shape index (κ3) is 3.25. The summed E-state index contributed by atoms with van der Waals surface area (Å²) in [6.45, 7) is 5.34. The van der Waals surface area contributed by atoms with Crippen LogP contribution in [0, 0.1) is 0 Å². The molecular weight excluding hydrogens is 284 g/mol. The number of morpholine rings is 1. The second-order valence-electron chi connectivity index (χ2n) is 6.04. The quantitative estimate of drug-likeness (QED) is 0.900. The van der Waals surface area contributed by atoms with E-state index in [2.05, 4.69) is 10.4 Å². The van der Waals surface area contributed by atoms with Gasteiger partial charge in [0.1, 0.15) is 5.82 Å². The minimum atomic E-state index is -0.0924. The molecule has 2 amide bonds. The van der Waals surface area contributed by atoms with Gasteiger partial charge in [0.25, 0.3) is 0 Å². The first kappa shape index (κ1) is 15.3. The number of nitrogens with one attached hydrogen (secondary N) is 1. The van der Waals surface area contributed by atoms with Crippen molar-refractivity contribution >= 4 is 11.8 Å². The lowest BCUT2D eigenvalue weighted by Gasteiger charge is -2.33. The topological polar surface area (TPSA) is 68.6 Å². The molecule has 0 aromatic carbocycles. The largest absolute Gasteiger partial charge is 0.381 e. The molecule has 2 atom stereocenters. The average molecular weight is 308 g/mol. The van der Waals surface area contributed by atoms with Gasteiger partial charge in [0, 0.05) is 32.2 Å². The van der Waals surface area contributed by atoms with Crippen LogP contribution in [0.3, 0.4) is 0 Å². The molecule has 2 fully saturated rings. The predicted molar refractivity (Wildman–Crippen MR) is 82.0 cm³/mol. The molecular formula is C15H24N4O3. The molecule has 2 aliphatic rings. The van der Waals surface area contributed by atoms with Crippen LogP contribution in [0.2, 0.25) is 0 Å². The molecule has 7 heteroatoms. The van der Waals surface area contributed by atoms with Crippen LogP contribution >= 0.6 is 0 Å². The summed E-state index contributed by atoms with van der Waals surface area (Å²) in [6, 6.07) is 1.96. The van der Waals surface area contributed by atoms with Gasteiger partial charge >= 0.3 is 6.03 Å². The van der Waals surface area contributed by atoms with Gasteiger partial charge in [0.15, 0.2) is 0 Å². The van der Waals surface area contributed by atoms with Crippen molar-refractivity contribution in [3.05, 3.63) is 11.8 Å². The fourth-order valence-corrected chi connectivity index (χ4v) is 2.99. The molecule has 0 saturated carbocycles. The summed E-state index contributed by atoms with van der Waals surface area (Å²) in [5.74, 6) is 1.05. The normalized spacial score (nSPS) is 26.0. The molecule has 0 radical (unpaired) electrons. The van der Waals surface area contributed by atoms with E-state index in [1.807, 2.05) is 20.0 Å². The molecule has 2 saturated heterocycles. The van der Waals surface area contributed by atoms with Gasteiger partial charge in [-0.05, 0) is 19.8 Å². The highest BCUT2D eigenvalue weighted by Gasteiger charge is 2.25. The highest BCUT2D eigenvalue weighted by Crippen LogP contribution is 2.26. The summed E-state index contributed by atoms with van der Waals surface area (Å²) in [5, 5.41) is 7.49. The fourth-order valence-electron chi connectivity index (χ4n) is 2.99. The van der Waals surface area contributed by atoms with Gasteiger partial charge in [-0.3, -0.25) is 10.00 Å². The van der Waals surface area contributed by atoms with Crippen LogP contribution in [0.25, 0.3) is 0 Å². The van der Waals surface area contributed by atoms with E-state index in [4.69, 9.17) is 9.47 Å². The number of aromatic nitrogens is 2. The number of rotatable bonds is 2. The Labute approximate surface area is 130 Å². The molecule has 7 nitrogen and oxygen atoms in total. The van der Waals surface area contributed by atoms with E-state index in [0.29, 0.717) is 32.3 Å². The lowest BCUT2D eigenvalue weighted by molar-refractivity contribution is 0.0221. The Morgan fingerprint density at radius 2 is 2.18 bits per heavy atom. The lowest BCUT2D eigenvalue weighted by atomic mass is 9.99. The molecule has 0 spiro atoms. The Bertz CT molecular complexity index is 525. The smallest absolute Gasteiger partial charge is 0.323 e. The fraction of sp³-hybridized carbons (Fsp3) is 0.733. The number of hydrogen-bond donors (Lipinski definition) is 1. The van der Waals surface area contributed by atoms with E-state index in [-0.39, 0.29) is 12.1 Å². The number of urea groups is 1. The van der Waals surface area contributed by atoms with E-state index < -0.39 is 0 Å². The maximum Gasteiger partial charge on any atom is 0.323 e. The minimum absolute atomic E-state index is 0.0909. The van der Waals surface area contributed by atoms with Crippen LogP contribution in [-0.2, 0) is 16.5 Å². The van der Waals surface area contributed by atoms with Crippen LogP contribution in [0.1, 0.15) is 31.4 Å². The van der Waals surface area contributed by atoms with Gasteiger partial charge in [-0.1, -0.05) is 0 Å². The van der Waals surface area contributed by atoms with Crippen LogP contribution in [0.4, 0.5) is 10.6 Å². The monoisotopic (exact) mass is 308 g/mol. The highest BCUT2D eigenvalue weighted by molar-refractivity contribution is 5.88. The molecule has 122 valence electrons. The summed E-state index contributed by atoms with van der Waals surface area (Å²) in [4.78, 5) is 14.2.